The van der Waals surface area contributed by atoms with E-state index in [4.69, 9.17) is 9.11 Å². The van der Waals surface area contributed by atoms with Gasteiger partial charge in [0, 0.05) is 30.4 Å². The summed E-state index contributed by atoms with van der Waals surface area (Å²) < 4.78 is 62.2. The van der Waals surface area contributed by atoms with Crippen molar-refractivity contribution >= 4 is 37.6 Å². The number of phenols is 1. The molecule has 0 saturated heterocycles. The van der Waals surface area contributed by atoms with Gasteiger partial charge in [-0.3, -0.25) is 9.11 Å². The van der Waals surface area contributed by atoms with Crippen LogP contribution in [0.1, 0.15) is 49.7 Å². The molecule has 0 fully saturated rings. The second kappa shape index (κ2) is 12.3. The smallest absolute Gasteiger partial charge is 0.339 e. The van der Waals surface area contributed by atoms with Crippen LogP contribution in [0.5, 0.6) is 5.75 Å². The molecular formula is C27H32N2O9S2. The van der Waals surface area contributed by atoms with E-state index in [0.29, 0.717) is 22.5 Å². The van der Waals surface area contributed by atoms with Crippen LogP contribution in [0.15, 0.2) is 48.5 Å². The first-order valence-electron chi connectivity index (χ1n) is 12.2. The molecule has 0 saturated carbocycles. The van der Waals surface area contributed by atoms with Crippen molar-refractivity contribution < 1.29 is 40.9 Å². The lowest BCUT2D eigenvalue weighted by molar-refractivity contribution is 0.0693. The first-order valence-corrected chi connectivity index (χ1v) is 15.4. The molecule has 11 nitrogen and oxygen atoms in total. The minimum Gasteiger partial charge on any atom is -0.507 e. The second-order valence-corrected chi connectivity index (χ2v) is 12.7. The lowest BCUT2D eigenvalue weighted by atomic mass is 9.82. The van der Waals surface area contributed by atoms with E-state index in [9.17, 15) is 31.8 Å². The molecule has 0 atom stereocenters. The molecule has 0 radical (unpaired) electrons. The number of benzene rings is 3. The maximum Gasteiger partial charge on any atom is 0.339 e. The lowest BCUT2D eigenvalue weighted by Gasteiger charge is -2.23. The lowest BCUT2D eigenvalue weighted by Crippen LogP contribution is -2.15. The summed E-state index contributed by atoms with van der Waals surface area (Å²) in [6.45, 7) is 5.28. The van der Waals surface area contributed by atoms with Crippen LogP contribution < -0.4 is 10.6 Å². The van der Waals surface area contributed by atoms with Crippen molar-refractivity contribution in [3.8, 4) is 5.75 Å². The quantitative estimate of drug-likeness (QED) is 0.132. The van der Waals surface area contributed by atoms with Crippen LogP contribution in [0, 0.1) is 20.8 Å². The molecule has 40 heavy (non-hydrogen) atoms. The molecule has 0 amide bonds. The van der Waals surface area contributed by atoms with Crippen molar-refractivity contribution in [1.82, 2.24) is 0 Å². The number of carboxylic acid groups (broad SMARTS) is 1. The SMILES string of the molecule is Cc1cc(C(c2ccc(NCCS(=O)(=O)O)c(C)c2)c2cc(C)c(O)c(C(=O)O)c2)ccc1NCCS(=O)(=O)O. The van der Waals surface area contributed by atoms with Crippen molar-refractivity contribution in [3.05, 3.63) is 87.5 Å². The Kier molecular flexibility index (Phi) is 9.46. The van der Waals surface area contributed by atoms with Crippen molar-refractivity contribution in [2.24, 2.45) is 0 Å². The van der Waals surface area contributed by atoms with Crippen LogP contribution in [-0.4, -0.2) is 66.7 Å². The molecule has 3 aromatic carbocycles. The van der Waals surface area contributed by atoms with Gasteiger partial charge in [0.05, 0.1) is 11.5 Å². The largest absolute Gasteiger partial charge is 0.507 e. The molecule has 0 spiro atoms. The Morgan fingerprint density at radius 2 is 1.15 bits per heavy atom. The van der Waals surface area contributed by atoms with Gasteiger partial charge in [-0.05, 0) is 72.4 Å². The Morgan fingerprint density at radius 1 is 0.725 bits per heavy atom. The summed E-state index contributed by atoms with van der Waals surface area (Å²) in [5, 5.41) is 26.0. The first kappa shape index (κ1) is 30.9. The van der Waals surface area contributed by atoms with Gasteiger partial charge >= 0.3 is 5.97 Å². The fourth-order valence-corrected chi connectivity index (χ4v) is 5.19. The van der Waals surface area contributed by atoms with Crippen LogP contribution in [0.25, 0.3) is 0 Å². The Labute approximate surface area is 233 Å². The van der Waals surface area contributed by atoms with Crippen LogP contribution in [0.3, 0.4) is 0 Å². The third kappa shape index (κ3) is 8.18. The average Bonchev–Trinajstić information content (AvgIpc) is 2.82. The number of aryl methyl sites for hydroxylation is 3. The highest BCUT2D eigenvalue weighted by molar-refractivity contribution is 7.86. The Morgan fingerprint density at radius 3 is 1.52 bits per heavy atom. The van der Waals surface area contributed by atoms with Gasteiger partial charge in [0.1, 0.15) is 11.3 Å². The predicted octanol–water partition coefficient (Wildman–Crippen LogP) is 3.80. The molecule has 6 N–H and O–H groups in total. The van der Waals surface area contributed by atoms with Gasteiger partial charge in [-0.25, -0.2) is 4.79 Å². The highest BCUT2D eigenvalue weighted by atomic mass is 32.2. The molecule has 0 aliphatic heterocycles. The number of hydrogen-bond donors (Lipinski definition) is 6. The third-order valence-corrected chi connectivity index (χ3v) is 7.85. The standard InChI is InChI=1S/C27H32N2O9S2/c1-16-12-19(4-6-23(16)28-8-10-39(33,34)35)25(21-14-18(3)26(30)22(15-21)27(31)32)20-5-7-24(17(2)13-20)29-9-11-40(36,37)38/h4-7,12-15,25,28-30H,8-11H2,1-3H3,(H,31,32)(H,33,34,35)(H,36,37,38). The van der Waals surface area contributed by atoms with Gasteiger partial charge in [-0.2, -0.15) is 16.8 Å². The van der Waals surface area contributed by atoms with E-state index >= 15 is 0 Å². The molecule has 216 valence electrons. The van der Waals surface area contributed by atoms with Crippen molar-refractivity contribution in [2.75, 3.05) is 35.2 Å². The van der Waals surface area contributed by atoms with E-state index in [1.165, 1.54) is 6.07 Å². The topological polar surface area (TPSA) is 190 Å². The van der Waals surface area contributed by atoms with Gasteiger partial charge in [-0.15, -0.1) is 0 Å². The molecule has 13 heteroatoms. The molecule has 0 aliphatic carbocycles. The zero-order chi connectivity index (χ0) is 29.8. The van der Waals surface area contributed by atoms with Crippen molar-refractivity contribution in [3.63, 3.8) is 0 Å². The summed E-state index contributed by atoms with van der Waals surface area (Å²) in [4.78, 5) is 11.9. The third-order valence-electron chi connectivity index (χ3n) is 6.41. The summed E-state index contributed by atoms with van der Waals surface area (Å²) in [5.41, 5.74) is 5.25. The predicted molar refractivity (Wildman–Crippen MR) is 153 cm³/mol. The molecule has 0 aromatic heterocycles. The summed E-state index contributed by atoms with van der Waals surface area (Å²) in [6.07, 6.45) is 0. The number of nitrogens with one attached hydrogen (secondary N) is 2. The summed E-state index contributed by atoms with van der Waals surface area (Å²) in [7, 11) is -8.24. The summed E-state index contributed by atoms with van der Waals surface area (Å²) in [5.74, 6) is -2.96. The second-order valence-electron chi connectivity index (χ2n) is 9.55. The van der Waals surface area contributed by atoms with E-state index in [0.717, 1.165) is 22.3 Å². The normalized spacial score (nSPS) is 11.9. The summed E-state index contributed by atoms with van der Waals surface area (Å²) in [6, 6.07) is 14.1. The van der Waals surface area contributed by atoms with Gasteiger partial charge in [0.25, 0.3) is 20.2 Å². The maximum absolute atomic E-state index is 11.9. The highest BCUT2D eigenvalue weighted by Crippen LogP contribution is 2.38. The number of rotatable bonds is 12. The Bertz CT molecular complexity index is 1550. The van der Waals surface area contributed by atoms with Gasteiger partial charge in [0.2, 0.25) is 0 Å². The fraction of sp³-hybridized carbons (Fsp3) is 0.296. The Hall–Kier alpha value is -3.65. The molecule has 0 heterocycles. The van der Waals surface area contributed by atoms with E-state index in [2.05, 4.69) is 10.6 Å². The summed E-state index contributed by atoms with van der Waals surface area (Å²) >= 11 is 0. The van der Waals surface area contributed by atoms with Crippen LogP contribution in [-0.2, 0) is 20.2 Å². The minimum atomic E-state index is -4.12. The van der Waals surface area contributed by atoms with Crippen molar-refractivity contribution in [2.45, 2.75) is 26.7 Å². The Balaban J connectivity index is 2.07. The molecule has 0 unspecified atom stereocenters. The van der Waals surface area contributed by atoms with E-state index in [1.807, 2.05) is 38.1 Å². The minimum absolute atomic E-state index is 0.00676. The molecule has 0 aliphatic rings. The number of carbonyl (C=O) groups is 1. The molecule has 3 aromatic rings. The zero-order valence-electron chi connectivity index (χ0n) is 22.2. The highest BCUT2D eigenvalue weighted by Gasteiger charge is 2.23. The van der Waals surface area contributed by atoms with E-state index in [-0.39, 0.29) is 24.4 Å². The molecular weight excluding hydrogens is 560 g/mol. The number of aromatic hydroxyl groups is 1. The van der Waals surface area contributed by atoms with E-state index in [1.54, 1.807) is 25.1 Å². The fourth-order valence-electron chi connectivity index (χ4n) is 4.47. The number of hydrogen-bond acceptors (Lipinski definition) is 8. The van der Waals surface area contributed by atoms with Crippen LogP contribution in [0.4, 0.5) is 11.4 Å². The van der Waals surface area contributed by atoms with Crippen LogP contribution >= 0.6 is 0 Å². The maximum atomic E-state index is 11.9. The number of anilines is 2. The number of aromatic carboxylic acids is 1. The molecule has 0 bridgehead atoms. The van der Waals surface area contributed by atoms with E-state index < -0.39 is 43.6 Å². The van der Waals surface area contributed by atoms with Crippen LogP contribution in [0.2, 0.25) is 0 Å². The zero-order valence-corrected chi connectivity index (χ0v) is 23.8. The molecule has 3 rings (SSSR count). The average molecular weight is 593 g/mol. The number of carboxylic acids is 1. The first-order chi connectivity index (χ1) is 18.6. The van der Waals surface area contributed by atoms with Gasteiger partial charge < -0.3 is 20.8 Å². The monoisotopic (exact) mass is 592 g/mol. The van der Waals surface area contributed by atoms with Gasteiger partial charge in [0.15, 0.2) is 0 Å². The van der Waals surface area contributed by atoms with Gasteiger partial charge in [-0.1, -0.05) is 30.3 Å². The van der Waals surface area contributed by atoms with Crippen molar-refractivity contribution in [1.29, 1.82) is 0 Å².